The van der Waals surface area contributed by atoms with Crippen LogP contribution < -0.4 is 5.32 Å². The van der Waals surface area contributed by atoms with Gasteiger partial charge in [0, 0.05) is 34.4 Å². The third-order valence-corrected chi connectivity index (χ3v) is 4.48. The molecule has 1 saturated heterocycles. The van der Waals surface area contributed by atoms with Crippen molar-refractivity contribution in [2.24, 2.45) is 5.92 Å². The molecular formula is C15H25NOS. The maximum Gasteiger partial charge on any atom is 0.0876 e. The molecule has 2 heterocycles. The van der Waals surface area contributed by atoms with Crippen molar-refractivity contribution in [2.45, 2.75) is 52.7 Å². The molecule has 0 saturated carbocycles. The fourth-order valence-electron chi connectivity index (χ4n) is 2.56. The summed E-state index contributed by atoms with van der Waals surface area (Å²) < 4.78 is 5.98. The van der Waals surface area contributed by atoms with E-state index in [2.05, 4.69) is 46.0 Å². The van der Waals surface area contributed by atoms with Gasteiger partial charge in [0.05, 0.1) is 6.10 Å². The SMILES string of the molecule is Cc1cc(C2OCCC2CNC(C)(C)C)c(C)s1. The van der Waals surface area contributed by atoms with Crippen molar-refractivity contribution in [3.05, 3.63) is 21.4 Å². The molecule has 0 bridgehead atoms. The van der Waals surface area contributed by atoms with Gasteiger partial charge in [0.25, 0.3) is 0 Å². The molecule has 1 aliphatic rings. The quantitative estimate of drug-likeness (QED) is 0.898. The number of ether oxygens (including phenoxy) is 1. The lowest BCUT2D eigenvalue weighted by Crippen LogP contribution is -2.39. The van der Waals surface area contributed by atoms with Gasteiger partial charge >= 0.3 is 0 Å². The second-order valence-corrected chi connectivity index (χ2v) is 7.80. The third kappa shape index (κ3) is 3.34. The second-order valence-electron chi connectivity index (χ2n) is 6.34. The summed E-state index contributed by atoms with van der Waals surface area (Å²) in [4.78, 5) is 2.81. The maximum atomic E-state index is 5.98. The van der Waals surface area contributed by atoms with Gasteiger partial charge in [0.2, 0.25) is 0 Å². The van der Waals surface area contributed by atoms with Crippen LogP contribution in [0.4, 0.5) is 0 Å². The molecule has 1 aliphatic heterocycles. The van der Waals surface area contributed by atoms with E-state index in [0.29, 0.717) is 12.0 Å². The molecule has 1 aromatic heterocycles. The van der Waals surface area contributed by atoms with E-state index in [9.17, 15) is 0 Å². The Morgan fingerprint density at radius 3 is 2.67 bits per heavy atom. The highest BCUT2D eigenvalue weighted by molar-refractivity contribution is 7.12. The minimum atomic E-state index is 0.187. The molecule has 0 radical (unpaired) electrons. The van der Waals surface area contributed by atoms with E-state index >= 15 is 0 Å². The van der Waals surface area contributed by atoms with Crippen LogP contribution in [0.1, 0.15) is 48.6 Å². The zero-order chi connectivity index (χ0) is 13.3. The summed E-state index contributed by atoms with van der Waals surface area (Å²) in [5.74, 6) is 0.608. The molecule has 18 heavy (non-hydrogen) atoms. The number of rotatable bonds is 3. The molecular weight excluding hydrogens is 242 g/mol. The van der Waals surface area contributed by atoms with Crippen molar-refractivity contribution in [3.8, 4) is 0 Å². The molecule has 2 rings (SSSR count). The minimum Gasteiger partial charge on any atom is -0.373 e. The predicted octanol–water partition coefficient (Wildman–Crippen LogP) is 3.83. The van der Waals surface area contributed by atoms with Crippen LogP contribution in [-0.2, 0) is 4.74 Å². The Morgan fingerprint density at radius 1 is 1.39 bits per heavy atom. The van der Waals surface area contributed by atoms with Crippen molar-refractivity contribution >= 4 is 11.3 Å². The first kappa shape index (κ1) is 14.0. The second kappa shape index (κ2) is 5.32. The fourth-order valence-corrected chi connectivity index (χ4v) is 3.52. The van der Waals surface area contributed by atoms with E-state index < -0.39 is 0 Å². The van der Waals surface area contributed by atoms with E-state index in [1.165, 1.54) is 21.7 Å². The predicted molar refractivity (Wildman–Crippen MR) is 78.3 cm³/mol. The van der Waals surface area contributed by atoms with Crippen molar-refractivity contribution < 1.29 is 4.74 Å². The summed E-state index contributed by atoms with van der Waals surface area (Å²) in [6.45, 7) is 13.0. The third-order valence-electron chi connectivity index (χ3n) is 3.49. The van der Waals surface area contributed by atoms with Crippen LogP contribution in [0.2, 0.25) is 0 Å². The Balaban J connectivity index is 2.06. The van der Waals surface area contributed by atoms with E-state index in [1.54, 1.807) is 0 Å². The molecule has 0 aromatic carbocycles. The van der Waals surface area contributed by atoms with Crippen LogP contribution in [0.3, 0.4) is 0 Å². The Labute approximate surface area is 115 Å². The molecule has 1 fully saturated rings. The molecule has 1 N–H and O–H groups in total. The highest BCUT2D eigenvalue weighted by Gasteiger charge is 2.31. The molecule has 0 spiro atoms. The van der Waals surface area contributed by atoms with Crippen molar-refractivity contribution in [1.29, 1.82) is 0 Å². The molecule has 1 aromatic rings. The smallest absolute Gasteiger partial charge is 0.0876 e. The molecule has 0 aliphatic carbocycles. The number of nitrogens with one attached hydrogen (secondary N) is 1. The first-order valence-electron chi connectivity index (χ1n) is 6.80. The monoisotopic (exact) mass is 267 g/mol. The van der Waals surface area contributed by atoms with E-state index in [1.807, 2.05) is 11.3 Å². The van der Waals surface area contributed by atoms with Gasteiger partial charge in [-0.15, -0.1) is 11.3 Å². The van der Waals surface area contributed by atoms with Gasteiger partial charge in [-0.2, -0.15) is 0 Å². The number of thiophene rings is 1. The largest absolute Gasteiger partial charge is 0.373 e. The van der Waals surface area contributed by atoms with Crippen LogP contribution in [-0.4, -0.2) is 18.7 Å². The van der Waals surface area contributed by atoms with Crippen LogP contribution in [0, 0.1) is 19.8 Å². The van der Waals surface area contributed by atoms with Gasteiger partial charge in [-0.05, 0) is 52.7 Å². The number of aryl methyl sites for hydroxylation is 2. The average Bonchev–Trinajstić information content (AvgIpc) is 2.80. The Kier molecular flexibility index (Phi) is 4.15. The summed E-state index contributed by atoms with van der Waals surface area (Å²) in [5, 5.41) is 3.61. The van der Waals surface area contributed by atoms with Gasteiger partial charge < -0.3 is 10.1 Å². The molecule has 3 heteroatoms. The lowest BCUT2D eigenvalue weighted by atomic mass is 9.94. The topological polar surface area (TPSA) is 21.3 Å². The average molecular weight is 267 g/mol. The highest BCUT2D eigenvalue weighted by Crippen LogP contribution is 2.38. The number of hydrogen-bond donors (Lipinski definition) is 1. The lowest BCUT2D eigenvalue weighted by Gasteiger charge is -2.25. The van der Waals surface area contributed by atoms with E-state index in [0.717, 1.165) is 13.2 Å². The molecule has 2 unspecified atom stereocenters. The van der Waals surface area contributed by atoms with Crippen molar-refractivity contribution in [1.82, 2.24) is 5.32 Å². The summed E-state index contributed by atoms with van der Waals surface area (Å²) in [6, 6.07) is 2.31. The Morgan fingerprint density at radius 2 is 2.11 bits per heavy atom. The van der Waals surface area contributed by atoms with Gasteiger partial charge in [0.1, 0.15) is 0 Å². The van der Waals surface area contributed by atoms with Crippen molar-refractivity contribution in [3.63, 3.8) is 0 Å². The first-order chi connectivity index (χ1) is 8.37. The summed E-state index contributed by atoms with van der Waals surface area (Å²) in [7, 11) is 0. The zero-order valence-corrected chi connectivity index (χ0v) is 13.0. The van der Waals surface area contributed by atoms with E-state index in [4.69, 9.17) is 4.74 Å². The first-order valence-corrected chi connectivity index (χ1v) is 7.62. The standard InChI is InChI=1S/C15H25NOS/c1-10-8-13(11(2)18-10)14-12(6-7-17-14)9-16-15(3,4)5/h8,12,14,16H,6-7,9H2,1-5H3. The number of hydrogen-bond acceptors (Lipinski definition) is 3. The lowest BCUT2D eigenvalue weighted by molar-refractivity contribution is 0.0888. The molecule has 2 atom stereocenters. The van der Waals surface area contributed by atoms with Crippen LogP contribution in [0.5, 0.6) is 0 Å². The van der Waals surface area contributed by atoms with Gasteiger partial charge in [0.15, 0.2) is 0 Å². The van der Waals surface area contributed by atoms with Crippen molar-refractivity contribution in [2.75, 3.05) is 13.2 Å². The Bertz CT molecular complexity index is 405. The normalized spacial score (nSPS) is 24.7. The maximum absolute atomic E-state index is 5.98. The van der Waals surface area contributed by atoms with Crippen LogP contribution >= 0.6 is 11.3 Å². The minimum absolute atomic E-state index is 0.187. The van der Waals surface area contributed by atoms with Gasteiger partial charge in [-0.3, -0.25) is 0 Å². The summed E-state index contributed by atoms with van der Waals surface area (Å²) in [6.07, 6.45) is 1.46. The van der Waals surface area contributed by atoms with E-state index in [-0.39, 0.29) is 5.54 Å². The summed E-state index contributed by atoms with van der Waals surface area (Å²) >= 11 is 1.88. The van der Waals surface area contributed by atoms with Crippen LogP contribution in [0.25, 0.3) is 0 Å². The Hall–Kier alpha value is -0.380. The molecule has 0 amide bonds. The van der Waals surface area contributed by atoms with Gasteiger partial charge in [-0.25, -0.2) is 0 Å². The van der Waals surface area contributed by atoms with Gasteiger partial charge in [-0.1, -0.05) is 0 Å². The summed E-state index contributed by atoms with van der Waals surface area (Å²) in [5.41, 5.74) is 1.60. The highest BCUT2D eigenvalue weighted by atomic mass is 32.1. The van der Waals surface area contributed by atoms with Crippen LogP contribution in [0.15, 0.2) is 6.07 Å². The fraction of sp³-hybridized carbons (Fsp3) is 0.733. The zero-order valence-electron chi connectivity index (χ0n) is 12.2. The molecule has 102 valence electrons. The molecule has 2 nitrogen and oxygen atoms in total.